The van der Waals surface area contributed by atoms with Crippen LogP contribution < -0.4 is 4.74 Å². The van der Waals surface area contributed by atoms with E-state index in [2.05, 4.69) is 0 Å². The minimum atomic E-state index is -4.28. The number of carboxylic acid groups (broad SMARTS) is 1. The van der Waals surface area contributed by atoms with Gasteiger partial charge in [0.15, 0.2) is 0 Å². The van der Waals surface area contributed by atoms with Crippen molar-refractivity contribution in [3.05, 3.63) is 59.7 Å². The Morgan fingerprint density at radius 3 is 1.74 bits per heavy atom. The van der Waals surface area contributed by atoms with Crippen molar-refractivity contribution in [3.8, 4) is 11.5 Å². The van der Waals surface area contributed by atoms with Crippen LogP contribution in [0.3, 0.4) is 0 Å². The number of hydrogen-bond donors (Lipinski definition) is 1. The summed E-state index contributed by atoms with van der Waals surface area (Å²) in [6.07, 6.45) is 0. The zero-order chi connectivity index (χ0) is 17.3. The maximum Gasteiger partial charge on any atom is 0.335 e. The molecular weight excluding hydrogens is 316 g/mol. The summed E-state index contributed by atoms with van der Waals surface area (Å²) in [6, 6.07) is 9.42. The third kappa shape index (κ3) is 3.61. The molecule has 2 aromatic carbocycles. The van der Waals surface area contributed by atoms with Gasteiger partial charge < -0.3 is 9.84 Å². The number of carboxylic acids is 1. The molecule has 2 aromatic rings. The Balaban J connectivity index is 2.16. The Hall–Kier alpha value is -2.57. The Morgan fingerprint density at radius 2 is 1.35 bits per heavy atom. The monoisotopic (exact) mass is 328 g/mol. The van der Waals surface area contributed by atoms with E-state index in [4.69, 9.17) is 9.84 Å². The van der Waals surface area contributed by atoms with Crippen LogP contribution >= 0.6 is 0 Å². The third-order valence-corrected chi connectivity index (χ3v) is 3.11. The molecule has 0 aliphatic heterocycles. The fourth-order valence-corrected chi connectivity index (χ4v) is 1.79. The van der Waals surface area contributed by atoms with Crippen LogP contribution in [-0.4, -0.2) is 17.0 Å². The molecule has 0 heterocycles. The summed E-state index contributed by atoms with van der Waals surface area (Å²) < 4.78 is 58.1. The zero-order valence-corrected chi connectivity index (χ0v) is 11.9. The van der Waals surface area contributed by atoms with Crippen LogP contribution in [0, 0.1) is 0 Å². The lowest BCUT2D eigenvalue weighted by Crippen LogP contribution is -2.34. The van der Waals surface area contributed by atoms with Gasteiger partial charge in [-0.25, -0.2) is 4.79 Å². The number of halogens is 4. The average molecular weight is 328 g/mol. The molecule has 3 nitrogen and oxygen atoms in total. The van der Waals surface area contributed by atoms with E-state index in [0.717, 1.165) is 24.3 Å². The quantitative estimate of drug-likeness (QED) is 0.792. The maximum atomic E-state index is 13.5. The highest BCUT2D eigenvalue weighted by Crippen LogP contribution is 2.42. The van der Waals surface area contributed by atoms with E-state index in [1.807, 2.05) is 0 Å². The van der Waals surface area contributed by atoms with Gasteiger partial charge >= 0.3 is 17.8 Å². The summed E-state index contributed by atoms with van der Waals surface area (Å²) in [7, 11) is 0. The molecular formula is C16H12F4O3. The van der Waals surface area contributed by atoms with Crippen molar-refractivity contribution >= 4 is 5.97 Å². The van der Waals surface area contributed by atoms with Crippen LogP contribution in [0.1, 0.15) is 22.8 Å². The molecule has 0 spiro atoms. The molecule has 0 fully saturated rings. The smallest absolute Gasteiger partial charge is 0.335 e. The van der Waals surface area contributed by atoms with Gasteiger partial charge in [-0.15, -0.1) is 0 Å². The number of alkyl halides is 4. The first kappa shape index (κ1) is 16.8. The van der Waals surface area contributed by atoms with Gasteiger partial charge in [0.25, 0.3) is 0 Å². The molecule has 0 radical (unpaired) electrons. The van der Waals surface area contributed by atoms with Crippen molar-refractivity contribution in [1.82, 2.24) is 0 Å². The lowest BCUT2D eigenvalue weighted by Gasteiger charge is -2.23. The second kappa shape index (κ2) is 5.91. The second-order valence-electron chi connectivity index (χ2n) is 4.92. The van der Waals surface area contributed by atoms with E-state index in [1.165, 1.54) is 24.3 Å². The first-order valence-electron chi connectivity index (χ1n) is 6.48. The number of carbonyl (C=O) groups is 1. The van der Waals surface area contributed by atoms with Crippen molar-refractivity contribution in [1.29, 1.82) is 0 Å². The van der Waals surface area contributed by atoms with Gasteiger partial charge in [0.1, 0.15) is 11.5 Å². The van der Waals surface area contributed by atoms with Crippen LogP contribution in [0.25, 0.3) is 0 Å². The van der Waals surface area contributed by atoms with Crippen molar-refractivity contribution < 1.29 is 32.2 Å². The maximum absolute atomic E-state index is 13.5. The number of hydrogen-bond acceptors (Lipinski definition) is 2. The van der Waals surface area contributed by atoms with Gasteiger partial charge in [-0.1, -0.05) is 0 Å². The summed E-state index contributed by atoms with van der Waals surface area (Å²) in [5.41, 5.74) is -0.754. The molecule has 2 rings (SSSR count). The minimum Gasteiger partial charge on any atom is -0.478 e. The normalized spacial score (nSPS) is 12.0. The van der Waals surface area contributed by atoms with Gasteiger partial charge in [-0.05, 0) is 48.5 Å². The van der Waals surface area contributed by atoms with Gasteiger partial charge in [0, 0.05) is 12.5 Å². The van der Waals surface area contributed by atoms with E-state index in [9.17, 15) is 22.4 Å². The lowest BCUT2D eigenvalue weighted by atomic mass is 10.0. The highest BCUT2D eigenvalue weighted by Gasteiger charge is 2.53. The van der Waals surface area contributed by atoms with E-state index in [0.29, 0.717) is 0 Å². The van der Waals surface area contributed by atoms with E-state index in [-0.39, 0.29) is 24.0 Å². The molecule has 0 aliphatic rings. The molecule has 0 unspecified atom stereocenters. The van der Waals surface area contributed by atoms with Gasteiger partial charge in [-0.2, -0.15) is 17.6 Å². The van der Waals surface area contributed by atoms with Crippen LogP contribution in [0.2, 0.25) is 0 Å². The molecule has 122 valence electrons. The van der Waals surface area contributed by atoms with Gasteiger partial charge in [0.2, 0.25) is 0 Å². The fraction of sp³-hybridized carbons (Fsp3) is 0.188. The second-order valence-corrected chi connectivity index (χ2v) is 4.92. The summed E-state index contributed by atoms with van der Waals surface area (Å²) in [5.74, 6) is -9.11. The Morgan fingerprint density at radius 1 is 0.913 bits per heavy atom. The standard InChI is InChI=1S/C16H12F4O3/c1-15(17,18)16(19,20)11-4-8-13(9-5-11)23-12-6-2-10(3-7-12)14(21)22/h2-9H,1H3,(H,21,22). The molecule has 0 saturated heterocycles. The summed E-state index contributed by atoms with van der Waals surface area (Å²) >= 11 is 0. The molecule has 0 amide bonds. The number of rotatable bonds is 5. The fourth-order valence-electron chi connectivity index (χ4n) is 1.79. The molecule has 7 heteroatoms. The van der Waals surface area contributed by atoms with Crippen molar-refractivity contribution in [2.75, 3.05) is 0 Å². The van der Waals surface area contributed by atoms with Crippen LogP contribution in [-0.2, 0) is 5.92 Å². The predicted octanol–water partition coefficient (Wildman–Crippen LogP) is 4.92. The molecule has 0 saturated carbocycles. The molecule has 0 atom stereocenters. The van der Waals surface area contributed by atoms with E-state index < -0.39 is 23.4 Å². The molecule has 0 aliphatic carbocycles. The minimum absolute atomic E-state index is 0.0671. The van der Waals surface area contributed by atoms with Gasteiger partial charge in [0.05, 0.1) is 5.56 Å². The zero-order valence-electron chi connectivity index (χ0n) is 11.9. The van der Waals surface area contributed by atoms with Gasteiger partial charge in [-0.3, -0.25) is 0 Å². The Labute approximate surface area is 129 Å². The molecule has 1 N–H and O–H groups in total. The number of ether oxygens (including phenoxy) is 1. The SMILES string of the molecule is CC(F)(F)C(F)(F)c1ccc(Oc2ccc(C(=O)O)cc2)cc1. The summed E-state index contributed by atoms with van der Waals surface area (Å²) in [6.45, 7) is 0.154. The predicted molar refractivity (Wildman–Crippen MR) is 74.4 cm³/mol. The first-order valence-corrected chi connectivity index (χ1v) is 6.48. The number of aromatic carboxylic acids is 1. The highest BCUT2D eigenvalue weighted by molar-refractivity contribution is 5.87. The lowest BCUT2D eigenvalue weighted by molar-refractivity contribution is -0.204. The first-order chi connectivity index (χ1) is 10.6. The number of benzene rings is 2. The Bertz CT molecular complexity index is 689. The third-order valence-electron chi connectivity index (χ3n) is 3.11. The van der Waals surface area contributed by atoms with Crippen molar-refractivity contribution in [2.45, 2.75) is 18.8 Å². The van der Waals surface area contributed by atoms with Crippen LogP contribution in [0.15, 0.2) is 48.5 Å². The van der Waals surface area contributed by atoms with Crippen molar-refractivity contribution in [2.24, 2.45) is 0 Å². The summed E-state index contributed by atoms with van der Waals surface area (Å²) in [4.78, 5) is 10.7. The van der Waals surface area contributed by atoms with E-state index in [1.54, 1.807) is 0 Å². The van der Waals surface area contributed by atoms with Crippen molar-refractivity contribution in [3.63, 3.8) is 0 Å². The molecule has 23 heavy (non-hydrogen) atoms. The highest BCUT2D eigenvalue weighted by atomic mass is 19.3. The van der Waals surface area contributed by atoms with E-state index >= 15 is 0 Å². The Kier molecular flexibility index (Phi) is 4.31. The summed E-state index contributed by atoms with van der Waals surface area (Å²) in [5, 5.41) is 8.76. The average Bonchev–Trinajstić information content (AvgIpc) is 2.47. The van der Waals surface area contributed by atoms with Crippen LogP contribution in [0.5, 0.6) is 11.5 Å². The molecule has 0 aromatic heterocycles. The molecule has 0 bridgehead atoms. The topological polar surface area (TPSA) is 46.5 Å². The largest absolute Gasteiger partial charge is 0.478 e. The van der Waals surface area contributed by atoms with Crippen LogP contribution in [0.4, 0.5) is 17.6 Å².